The van der Waals surface area contributed by atoms with Gasteiger partial charge in [0.2, 0.25) is 5.91 Å². The molecule has 2 aliphatic heterocycles. The van der Waals surface area contributed by atoms with E-state index in [1.165, 1.54) is 0 Å². The Morgan fingerprint density at radius 2 is 1.85 bits per heavy atom. The molecular weight excluding hydrogens is 340 g/mol. The molecule has 5 heteroatoms. The van der Waals surface area contributed by atoms with E-state index in [0.717, 1.165) is 23.2 Å². The number of carbonyl (C=O) groups excluding carboxylic acids is 2. The first-order valence-corrected chi connectivity index (χ1v) is 9.43. The maximum absolute atomic E-state index is 13.1. The van der Waals surface area contributed by atoms with E-state index in [2.05, 4.69) is 0 Å². The molecule has 2 aliphatic rings. The molecule has 0 N–H and O–H groups in total. The van der Waals surface area contributed by atoms with Gasteiger partial charge in [0.1, 0.15) is 6.10 Å². The third-order valence-electron chi connectivity index (χ3n) is 5.32. The van der Waals surface area contributed by atoms with Crippen molar-refractivity contribution in [1.29, 1.82) is 0 Å². The topological polar surface area (TPSA) is 49.9 Å². The maximum atomic E-state index is 13.1. The number of morpholine rings is 1. The fourth-order valence-corrected chi connectivity index (χ4v) is 4.01. The molecule has 2 heterocycles. The van der Waals surface area contributed by atoms with Gasteiger partial charge in [-0.25, -0.2) is 0 Å². The maximum Gasteiger partial charge on any atom is 0.254 e. The third kappa shape index (κ3) is 3.47. The van der Waals surface area contributed by atoms with Crippen molar-refractivity contribution in [3.05, 3.63) is 65.2 Å². The van der Waals surface area contributed by atoms with E-state index in [9.17, 15) is 9.59 Å². The van der Waals surface area contributed by atoms with Crippen molar-refractivity contribution in [2.75, 3.05) is 24.5 Å². The summed E-state index contributed by atoms with van der Waals surface area (Å²) < 4.78 is 6.06. The molecule has 27 heavy (non-hydrogen) atoms. The first kappa shape index (κ1) is 17.7. The number of hydrogen-bond donors (Lipinski definition) is 0. The van der Waals surface area contributed by atoms with Gasteiger partial charge in [0.15, 0.2) is 0 Å². The zero-order chi connectivity index (χ0) is 19.0. The summed E-state index contributed by atoms with van der Waals surface area (Å²) in [7, 11) is 0. The average molecular weight is 364 g/mol. The SMILES string of the molecule is CC(=O)N1CCc2cc(C(=O)N3CC(C)OC(c4ccccc4)C3)ccc21. The van der Waals surface area contributed by atoms with Gasteiger partial charge in [-0.05, 0) is 42.7 Å². The number of fused-ring (bicyclic) bond motifs is 1. The van der Waals surface area contributed by atoms with Gasteiger partial charge in [-0.3, -0.25) is 9.59 Å². The van der Waals surface area contributed by atoms with E-state index in [1.54, 1.807) is 11.8 Å². The summed E-state index contributed by atoms with van der Waals surface area (Å²) in [5.74, 6) is 0.0655. The third-order valence-corrected chi connectivity index (χ3v) is 5.32. The molecule has 0 spiro atoms. The number of rotatable bonds is 2. The lowest BCUT2D eigenvalue weighted by Crippen LogP contribution is -2.46. The van der Waals surface area contributed by atoms with Crippen LogP contribution in [0.25, 0.3) is 0 Å². The molecule has 0 aliphatic carbocycles. The highest BCUT2D eigenvalue weighted by atomic mass is 16.5. The first-order valence-electron chi connectivity index (χ1n) is 9.43. The van der Waals surface area contributed by atoms with Crippen molar-refractivity contribution in [2.24, 2.45) is 0 Å². The van der Waals surface area contributed by atoms with Gasteiger partial charge in [-0.15, -0.1) is 0 Å². The molecular formula is C22H24N2O3. The van der Waals surface area contributed by atoms with E-state index in [4.69, 9.17) is 4.74 Å². The summed E-state index contributed by atoms with van der Waals surface area (Å²) in [6.45, 7) is 5.39. The Morgan fingerprint density at radius 1 is 1.07 bits per heavy atom. The van der Waals surface area contributed by atoms with Crippen LogP contribution in [0.4, 0.5) is 5.69 Å². The monoisotopic (exact) mass is 364 g/mol. The molecule has 1 saturated heterocycles. The van der Waals surface area contributed by atoms with Gasteiger partial charge >= 0.3 is 0 Å². The second kappa shape index (κ2) is 7.16. The Hall–Kier alpha value is -2.66. The summed E-state index contributed by atoms with van der Waals surface area (Å²) in [6, 6.07) is 15.7. The van der Waals surface area contributed by atoms with Gasteiger partial charge in [0, 0.05) is 31.3 Å². The molecule has 0 saturated carbocycles. The standard InChI is InChI=1S/C22H24N2O3/c1-15-13-23(14-21(27-15)17-6-4-3-5-7-17)22(26)19-8-9-20-18(12-19)10-11-24(20)16(2)25/h3-9,12,15,21H,10-11,13-14H2,1-2H3. The van der Waals surface area contributed by atoms with Crippen molar-refractivity contribution >= 4 is 17.5 Å². The minimum absolute atomic E-state index is 0.0180. The van der Waals surface area contributed by atoms with Crippen molar-refractivity contribution in [1.82, 2.24) is 4.90 Å². The van der Waals surface area contributed by atoms with Gasteiger partial charge in [-0.1, -0.05) is 30.3 Å². The molecule has 4 rings (SSSR count). The second-order valence-corrected chi connectivity index (χ2v) is 7.32. The largest absolute Gasteiger partial charge is 0.367 e. The van der Waals surface area contributed by atoms with Gasteiger partial charge in [0.05, 0.1) is 12.6 Å². The van der Waals surface area contributed by atoms with Crippen LogP contribution in [0.5, 0.6) is 0 Å². The van der Waals surface area contributed by atoms with E-state index in [-0.39, 0.29) is 24.0 Å². The molecule has 2 aromatic rings. The molecule has 2 atom stereocenters. The molecule has 1 fully saturated rings. The Labute approximate surface area is 159 Å². The van der Waals surface area contributed by atoms with Crippen molar-refractivity contribution in [2.45, 2.75) is 32.5 Å². The summed E-state index contributed by atoms with van der Waals surface area (Å²) in [5, 5.41) is 0. The highest BCUT2D eigenvalue weighted by Crippen LogP contribution is 2.30. The molecule has 0 radical (unpaired) electrons. The zero-order valence-corrected chi connectivity index (χ0v) is 15.7. The number of carbonyl (C=O) groups is 2. The molecule has 2 unspecified atom stereocenters. The van der Waals surface area contributed by atoms with E-state index in [0.29, 0.717) is 25.2 Å². The quantitative estimate of drug-likeness (QED) is 0.822. The van der Waals surface area contributed by atoms with E-state index >= 15 is 0 Å². The summed E-state index contributed by atoms with van der Waals surface area (Å²) in [5.41, 5.74) is 3.77. The van der Waals surface area contributed by atoms with Gasteiger partial charge in [-0.2, -0.15) is 0 Å². The fraction of sp³-hybridized carbons (Fsp3) is 0.364. The summed E-state index contributed by atoms with van der Waals surface area (Å²) >= 11 is 0. The van der Waals surface area contributed by atoms with E-state index < -0.39 is 0 Å². The normalized spacial score (nSPS) is 21.9. The van der Waals surface area contributed by atoms with Crippen LogP contribution in [0.1, 0.15) is 41.4 Å². The van der Waals surface area contributed by atoms with E-state index in [1.807, 2.05) is 60.4 Å². The van der Waals surface area contributed by atoms with Gasteiger partial charge in [0.25, 0.3) is 5.91 Å². The van der Waals surface area contributed by atoms with Crippen LogP contribution in [0, 0.1) is 0 Å². The number of anilines is 1. The Balaban J connectivity index is 1.55. The lowest BCUT2D eigenvalue weighted by Gasteiger charge is -2.37. The van der Waals surface area contributed by atoms with Crippen LogP contribution in [0.3, 0.4) is 0 Å². The number of nitrogens with zero attached hydrogens (tertiary/aromatic N) is 2. The van der Waals surface area contributed by atoms with Crippen LogP contribution in [0.15, 0.2) is 48.5 Å². The number of ether oxygens (including phenoxy) is 1. The fourth-order valence-electron chi connectivity index (χ4n) is 4.01. The second-order valence-electron chi connectivity index (χ2n) is 7.32. The molecule has 5 nitrogen and oxygen atoms in total. The molecule has 0 bridgehead atoms. The van der Waals surface area contributed by atoms with Crippen molar-refractivity contribution < 1.29 is 14.3 Å². The van der Waals surface area contributed by atoms with Crippen LogP contribution in [-0.2, 0) is 16.0 Å². The van der Waals surface area contributed by atoms with Crippen molar-refractivity contribution in [3.8, 4) is 0 Å². The molecule has 140 valence electrons. The minimum atomic E-state index is -0.110. The number of benzene rings is 2. The lowest BCUT2D eigenvalue weighted by atomic mass is 10.0. The summed E-state index contributed by atoms with van der Waals surface area (Å²) in [4.78, 5) is 28.5. The van der Waals surface area contributed by atoms with Crippen molar-refractivity contribution in [3.63, 3.8) is 0 Å². The first-order chi connectivity index (χ1) is 13.0. The van der Waals surface area contributed by atoms with Crippen LogP contribution in [0.2, 0.25) is 0 Å². The van der Waals surface area contributed by atoms with Crippen LogP contribution < -0.4 is 4.90 Å². The number of amides is 2. The Morgan fingerprint density at radius 3 is 2.59 bits per heavy atom. The summed E-state index contributed by atoms with van der Waals surface area (Å²) in [6.07, 6.45) is 0.666. The molecule has 2 amide bonds. The predicted octanol–water partition coefficient (Wildman–Crippen LogP) is 3.20. The molecule has 0 aromatic heterocycles. The highest BCUT2D eigenvalue weighted by Gasteiger charge is 2.31. The van der Waals surface area contributed by atoms with Gasteiger partial charge < -0.3 is 14.5 Å². The minimum Gasteiger partial charge on any atom is -0.367 e. The lowest BCUT2D eigenvalue weighted by molar-refractivity contribution is -0.116. The predicted molar refractivity (Wildman–Crippen MR) is 104 cm³/mol. The average Bonchev–Trinajstić information content (AvgIpc) is 3.11. The molecule has 2 aromatic carbocycles. The zero-order valence-electron chi connectivity index (χ0n) is 15.7. The van der Waals surface area contributed by atoms with Crippen LogP contribution in [-0.4, -0.2) is 42.5 Å². The Bertz CT molecular complexity index is 865. The number of hydrogen-bond acceptors (Lipinski definition) is 3. The highest BCUT2D eigenvalue weighted by molar-refractivity contribution is 5.98. The Kier molecular flexibility index (Phi) is 4.70. The van der Waals surface area contributed by atoms with Crippen LogP contribution >= 0.6 is 0 Å². The smallest absolute Gasteiger partial charge is 0.254 e.